The van der Waals surface area contributed by atoms with E-state index in [1.165, 1.54) is 0 Å². The number of carbonyl (C=O) groups excluding carboxylic acids is 2. The fourth-order valence-corrected chi connectivity index (χ4v) is 2.64. The first-order chi connectivity index (χ1) is 11.6. The Morgan fingerprint density at radius 2 is 1.92 bits per heavy atom. The molecule has 0 spiro atoms. The molecule has 2 amide bonds. The van der Waals surface area contributed by atoms with Gasteiger partial charge in [0.15, 0.2) is 0 Å². The predicted molar refractivity (Wildman–Crippen MR) is 84.1 cm³/mol. The highest BCUT2D eigenvalue weighted by atomic mass is 16.4. The molecule has 0 aliphatic carbocycles. The van der Waals surface area contributed by atoms with Gasteiger partial charge in [-0.15, -0.1) is 10.2 Å². The van der Waals surface area contributed by atoms with Crippen molar-refractivity contribution in [3.05, 3.63) is 41.9 Å². The van der Waals surface area contributed by atoms with Crippen molar-refractivity contribution in [3.63, 3.8) is 0 Å². The number of piperazine rings is 1. The highest BCUT2D eigenvalue weighted by molar-refractivity contribution is 5.94. The smallest absolute Gasteiger partial charge is 0.255 e. The summed E-state index contributed by atoms with van der Waals surface area (Å²) in [6, 6.07) is 3.49. The number of aromatic nitrogens is 3. The Hall–Kier alpha value is -2.77. The third-order valence-corrected chi connectivity index (χ3v) is 3.95. The molecule has 1 saturated heterocycles. The normalized spacial score (nSPS) is 14.7. The van der Waals surface area contributed by atoms with Crippen LogP contribution in [-0.4, -0.2) is 63.0 Å². The first-order valence-electron chi connectivity index (χ1n) is 7.89. The lowest BCUT2D eigenvalue weighted by atomic mass is 10.2. The van der Waals surface area contributed by atoms with Crippen LogP contribution in [0.25, 0.3) is 0 Å². The topological polar surface area (TPSA) is 92.4 Å². The molecule has 1 aliphatic heterocycles. The number of amides is 2. The van der Waals surface area contributed by atoms with E-state index in [4.69, 9.17) is 4.42 Å². The van der Waals surface area contributed by atoms with Gasteiger partial charge < -0.3 is 14.2 Å². The maximum absolute atomic E-state index is 12.3. The van der Waals surface area contributed by atoms with E-state index < -0.39 is 0 Å². The van der Waals surface area contributed by atoms with Crippen molar-refractivity contribution in [3.8, 4) is 0 Å². The van der Waals surface area contributed by atoms with Crippen molar-refractivity contribution >= 4 is 11.8 Å². The molecule has 0 aromatic carbocycles. The molecule has 8 heteroatoms. The van der Waals surface area contributed by atoms with Crippen molar-refractivity contribution in [1.82, 2.24) is 25.0 Å². The summed E-state index contributed by atoms with van der Waals surface area (Å²) in [7, 11) is 0. The number of rotatable bonds is 4. The van der Waals surface area contributed by atoms with Crippen molar-refractivity contribution in [2.24, 2.45) is 0 Å². The van der Waals surface area contributed by atoms with E-state index in [1.807, 2.05) is 0 Å². The fraction of sp³-hybridized carbons (Fsp3) is 0.438. The highest BCUT2D eigenvalue weighted by Crippen LogP contribution is 2.10. The molecule has 0 bridgehead atoms. The van der Waals surface area contributed by atoms with Crippen LogP contribution in [-0.2, 0) is 11.2 Å². The monoisotopic (exact) mass is 329 g/mol. The van der Waals surface area contributed by atoms with Crippen LogP contribution in [0, 0.1) is 6.92 Å². The molecule has 8 nitrogen and oxygen atoms in total. The molecule has 0 atom stereocenters. The van der Waals surface area contributed by atoms with Crippen LogP contribution in [0.2, 0.25) is 0 Å². The number of aryl methyl sites for hydroxylation is 2. The molecule has 0 saturated carbocycles. The van der Waals surface area contributed by atoms with E-state index in [-0.39, 0.29) is 11.8 Å². The minimum Gasteiger partial charge on any atom is -0.426 e. The van der Waals surface area contributed by atoms with E-state index in [1.54, 1.807) is 41.2 Å². The molecule has 1 fully saturated rings. The zero-order valence-electron chi connectivity index (χ0n) is 13.5. The van der Waals surface area contributed by atoms with Gasteiger partial charge in [-0.1, -0.05) is 0 Å². The van der Waals surface area contributed by atoms with Crippen LogP contribution < -0.4 is 0 Å². The van der Waals surface area contributed by atoms with E-state index in [2.05, 4.69) is 15.2 Å². The van der Waals surface area contributed by atoms with Crippen LogP contribution in [0.4, 0.5) is 0 Å². The zero-order chi connectivity index (χ0) is 16.9. The van der Waals surface area contributed by atoms with Crippen molar-refractivity contribution in [1.29, 1.82) is 0 Å². The summed E-state index contributed by atoms with van der Waals surface area (Å²) in [6.45, 7) is 3.84. The molecule has 0 unspecified atom stereocenters. The quantitative estimate of drug-likeness (QED) is 0.819. The average Bonchev–Trinajstić information content (AvgIpc) is 3.05. The Kier molecular flexibility index (Phi) is 4.83. The van der Waals surface area contributed by atoms with Gasteiger partial charge in [0.2, 0.25) is 17.7 Å². The maximum Gasteiger partial charge on any atom is 0.255 e. The summed E-state index contributed by atoms with van der Waals surface area (Å²) < 4.78 is 5.27. The second-order valence-corrected chi connectivity index (χ2v) is 5.63. The van der Waals surface area contributed by atoms with Gasteiger partial charge in [0, 0.05) is 58.3 Å². The first kappa shape index (κ1) is 16.1. The highest BCUT2D eigenvalue weighted by Gasteiger charge is 2.25. The van der Waals surface area contributed by atoms with Crippen LogP contribution in [0.5, 0.6) is 0 Å². The molecule has 24 heavy (non-hydrogen) atoms. The Morgan fingerprint density at radius 1 is 1.17 bits per heavy atom. The first-order valence-corrected chi connectivity index (χ1v) is 7.89. The van der Waals surface area contributed by atoms with Crippen LogP contribution >= 0.6 is 0 Å². The summed E-state index contributed by atoms with van der Waals surface area (Å²) in [5, 5.41) is 7.63. The molecule has 0 N–H and O–H groups in total. The van der Waals surface area contributed by atoms with Gasteiger partial charge in [-0.2, -0.15) is 0 Å². The standard InChI is InChI=1S/C16H19N5O3/c1-12-18-19-14(24-12)4-5-15(22)20-7-9-21(10-8-20)16(23)13-3-2-6-17-11-13/h2-3,6,11H,4-5,7-10H2,1H3. The van der Waals surface area contributed by atoms with Gasteiger partial charge in [0.05, 0.1) is 5.56 Å². The summed E-state index contributed by atoms with van der Waals surface area (Å²) >= 11 is 0. The Morgan fingerprint density at radius 3 is 2.54 bits per heavy atom. The Bertz CT molecular complexity index is 708. The molecule has 2 aromatic rings. The van der Waals surface area contributed by atoms with Crippen LogP contribution in [0.1, 0.15) is 28.6 Å². The van der Waals surface area contributed by atoms with E-state index in [9.17, 15) is 9.59 Å². The summed E-state index contributed by atoms with van der Waals surface area (Å²) in [6.07, 6.45) is 3.97. The Balaban J connectivity index is 1.47. The molecular weight excluding hydrogens is 310 g/mol. The largest absolute Gasteiger partial charge is 0.426 e. The number of carbonyl (C=O) groups is 2. The average molecular weight is 329 g/mol. The van der Waals surface area contributed by atoms with Gasteiger partial charge in [-0.3, -0.25) is 14.6 Å². The summed E-state index contributed by atoms with van der Waals surface area (Å²) in [4.78, 5) is 32.1. The van der Waals surface area contributed by atoms with Gasteiger partial charge in [-0.05, 0) is 12.1 Å². The maximum atomic E-state index is 12.3. The summed E-state index contributed by atoms with van der Waals surface area (Å²) in [5.74, 6) is 0.974. The zero-order valence-corrected chi connectivity index (χ0v) is 13.5. The fourth-order valence-electron chi connectivity index (χ4n) is 2.64. The lowest BCUT2D eigenvalue weighted by molar-refractivity contribution is -0.132. The molecule has 126 valence electrons. The minimum absolute atomic E-state index is 0.0410. The van der Waals surface area contributed by atoms with Gasteiger partial charge >= 0.3 is 0 Å². The second kappa shape index (κ2) is 7.20. The summed E-state index contributed by atoms with van der Waals surface area (Å²) in [5.41, 5.74) is 0.573. The number of nitrogens with zero attached hydrogens (tertiary/aromatic N) is 5. The van der Waals surface area contributed by atoms with Gasteiger partial charge in [-0.25, -0.2) is 0 Å². The molecule has 0 radical (unpaired) electrons. The number of hydrogen-bond donors (Lipinski definition) is 0. The van der Waals surface area contributed by atoms with Crippen molar-refractivity contribution < 1.29 is 14.0 Å². The van der Waals surface area contributed by atoms with Crippen molar-refractivity contribution in [2.45, 2.75) is 19.8 Å². The number of hydrogen-bond acceptors (Lipinski definition) is 6. The van der Waals surface area contributed by atoms with E-state index in [0.717, 1.165) is 0 Å². The minimum atomic E-state index is -0.0449. The van der Waals surface area contributed by atoms with E-state index in [0.29, 0.717) is 56.4 Å². The van der Waals surface area contributed by atoms with E-state index >= 15 is 0 Å². The number of pyridine rings is 1. The third kappa shape index (κ3) is 3.76. The lowest BCUT2D eigenvalue weighted by Crippen LogP contribution is -2.50. The molecule has 2 aromatic heterocycles. The van der Waals surface area contributed by atoms with Crippen molar-refractivity contribution in [2.75, 3.05) is 26.2 Å². The van der Waals surface area contributed by atoms with Crippen LogP contribution in [0.3, 0.4) is 0 Å². The predicted octanol–water partition coefficient (Wildman–Crippen LogP) is 0.690. The molecule has 3 rings (SSSR count). The Labute approximate surface area is 139 Å². The molecular formula is C16H19N5O3. The second-order valence-electron chi connectivity index (χ2n) is 5.63. The van der Waals surface area contributed by atoms with Gasteiger partial charge in [0.1, 0.15) is 0 Å². The van der Waals surface area contributed by atoms with Crippen LogP contribution in [0.15, 0.2) is 28.9 Å². The molecule has 1 aliphatic rings. The lowest BCUT2D eigenvalue weighted by Gasteiger charge is -2.34. The SMILES string of the molecule is Cc1nnc(CCC(=O)N2CCN(C(=O)c3cccnc3)CC2)o1. The van der Waals surface area contributed by atoms with Gasteiger partial charge in [0.25, 0.3) is 5.91 Å². The molecule has 3 heterocycles. The third-order valence-electron chi connectivity index (χ3n) is 3.95.